The second-order valence-corrected chi connectivity index (χ2v) is 11.4. The number of rotatable bonds is 7. The van der Waals surface area contributed by atoms with E-state index in [1.807, 2.05) is 30.3 Å². The number of Topliss-reactive ketones (excluding diaryl/α,β-unsaturated/α-hetero) is 1. The number of anilines is 1. The highest BCUT2D eigenvalue weighted by Crippen LogP contribution is 2.44. The Morgan fingerprint density at radius 1 is 1.03 bits per heavy atom. The molecule has 1 atom stereocenters. The van der Waals surface area contributed by atoms with Crippen molar-refractivity contribution in [1.82, 2.24) is 15.2 Å². The van der Waals surface area contributed by atoms with E-state index >= 15 is 0 Å². The van der Waals surface area contributed by atoms with Gasteiger partial charge in [-0.3, -0.25) is 14.5 Å². The number of aromatic hydroxyl groups is 1. The zero-order valence-corrected chi connectivity index (χ0v) is 21.7. The number of aliphatic hydroxyl groups excluding tert-OH is 1. The van der Waals surface area contributed by atoms with E-state index in [0.717, 1.165) is 5.56 Å². The number of phenols is 1. The monoisotopic (exact) mass is 536 g/mol. The van der Waals surface area contributed by atoms with E-state index in [-0.39, 0.29) is 16.5 Å². The van der Waals surface area contributed by atoms with Crippen LogP contribution in [0.1, 0.15) is 37.5 Å². The van der Waals surface area contributed by atoms with Gasteiger partial charge in [0.1, 0.15) is 5.75 Å². The second kappa shape index (κ2) is 9.84. The SMILES string of the molecule is Cc1nc(C)c(C(=O)C2=C(O)C(=O)N(c3nnc(SCc4ccccc4)s3)C2c2ccc(O)cc2)s1. The number of hydrogen-bond acceptors (Lipinski definition) is 10. The minimum absolute atomic E-state index is 0.0418. The summed E-state index contributed by atoms with van der Waals surface area (Å²) in [6, 6.07) is 15.1. The van der Waals surface area contributed by atoms with E-state index in [0.29, 0.717) is 31.2 Å². The van der Waals surface area contributed by atoms with Gasteiger partial charge in [0.25, 0.3) is 5.91 Å². The number of carbonyl (C=O) groups is 2. The third kappa shape index (κ3) is 4.52. The topological polar surface area (TPSA) is 117 Å². The molecule has 36 heavy (non-hydrogen) atoms. The van der Waals surface area contributed by atoms with Crippen LogP contribution in [0.3, 0.4) is 0 Å². The number of carbonyl (C=O) groups excluding carboxylic acids is 2. The molecule has 5 rings (SSSR count). The molecular formula is C25H20N4O4S3. The lowest BCUT2D eigenvalue weighted by Gasteiger charge is -2.24. The fraction of sp³-hybridized carbons (Fsp3) is 0.160. The maximum atomic E-state index is 13.6. The van der Waals surface area contributed by atoms with Crippen LogP contribution in [0.2, 0.25) is 0 Å². The number of hydrogen-bond donors (Lipinski definition) is 2. The number of amides is 1. The normalized spacial score (nSPS) is 15.7. The Balaban J connectivity index is 1.52. The van der Waals surface area contributed by atoms with Crippen molar-refractivity contribution in [3.05, 3.63) is 92.6 Å². The van der Waals surface area contributed by atoms with Crippen molar-refractivity contribution >= 4 is 51.3 Å². The number of benzene rings is 2. The summed E-state index contributed by atoms with van der Waals surface area (Å²) in [5.41, 5.74) is 2.15. The molecule has 3 heterocycles. The smallest absolute Gasteiger partial charge is 0.296 e. The molecule has 0 bridgehead atoms. The molecule has 2 N–H and O–H groups in total. The largest absolute Gasteiger partial charge is 0.508 e. The van der Waals surface area contributed by atoms with Crippen LogP contribution in [-0.2, 0) is 10.5 Å². The number of aryl methyl sites for hydroxylation is 2. The van der Waals surface area contributed by atoms with E-state index in [1.165, 1.54) is 51.5 Å². The van der Waals surface area contributed by atoms with Crippen molar-refractivity contribution < 1.29 is 19.8 Å². The Labute approximate surface area is 219 Å². The lowest BCUT2D eigenvalue weighted by atomic mass is 9.95. The van der Waals surface area contributed by atoms with Gasteiger partial charge in [0.2, 0.25) is 10.9 Å². The molecule has 4 aromatic rings. The summed E-state index contributed by atoms with van der Waals surface area (Å²) >= 11 is 3.91. The molecule has 1 aliphatic heterocycles. The number of thiazole rings is 1. The molecule has 1 amide bonds. The summed E-state index contributed by atoms with van der Waals surface area (Å²) in [7, 11) is 0. The summed E-state index contributed by atoms with van der Waals surface area (Å²) in [5, 5.41) is 30.1. The van der Waals surface area contributed by atoms with Gasteiger partial charge in [-0.05, 0) is 37.1 Å². The number of thioether (sulfide) groups is 1. The van der Waals surface area contributed by atoms with Crippen LogP contribution >= 0.6 is 34.4 Å². The minimum Gasteiger partial charge on any atom is -0.508 e. The molecule has 0 aliphatic carbocycles. The maximum Gasteiger partial charge on any atom is 0.296 e. The quantitative estimate of drug-likeness (QED) is 0.183. The molecule has 0 radical (unpaired) electrons. The number of aromatic nitrogens is 3. The highest BCUT2D eigenvalue weighted by Gasteiger charge is 2.46. The highest BCUT2D eigenvalue weighted by atomic mass is 32.2. The second-order valence-electron chi connectivity index (χ2n) is 8.03. The van der Waals surface area contributed by atoms with Crippen LogP contribution in [0.25, 0.3) is 0 Å². The third-order valence-electron chi connectivity index (χ3n) is 5.58. The van der Waals surface area contributed by atoms with Gasteiger partial charge < -0.3 is 10.2 Å². The van der Waals surface area contributed by atoms with Crippen molar-refractivity contribution in [3.63, 3.8) is 0 Å². The summed E-state index contributed by atoms with van der Waals surface area (Å²) in [6.07, 6.45) is 0. The van der Waals surface area contributed by atoms with Crippen LogP contribution in [0, 0.1) is 13.8 Å². The Morgan fingerprint density at radius 2 is 1.75 bits per heavy atom. The zero-order valence-electron chi connectivity index (χ0n) is 19.2. The Kier molecular flexibility index (Phi) is 6.61. The van der Waals surface area contributed by atoms with Gasteiger partial charge in [0.15, 0.2) is 10.1 Å². The van der Waals surface area contributed by atoms with Crippen LogP contribution in [0.5, 0.6) is 5.75 Å². The number of nitrogens with zero attached hydrogens (tertiary/aromatic N) is 4. The summed E-state index contributed by atoms with van der Waals surface area (Å²) < 4.78 is 0.652. The predicted molar refractivity (Wildman–Crippen MR) is 140 cm³/mol. The number of phenolic OH excluding ortho intramolecular Hbond substituents is 1. The molecule has 182 valence electrons. The molecule has 2 aromatic carbocycles. The van der Waals surface area contributed by atoms with E-state index in [1.54, 1.807) is 26.0 Å². The van der Waals surface area contributed by atoms with Gasteiger partial charge in [-0.2, -0.15) is 0 Å². The van der Waals surface area contributed by atoms with Crippen molar-refractivity contribution in [1.29, 1.82) is 0 Å². The van der Waals surface area contributed by atoms with Crippen molar-refractivity contribution in [2.75, 3.05) is 4.90 Å². The van der Waals surface area contributed by atoms with E-state index in [2.05, 4.69) is 15.2 Å². The zero-order chi connectivity index (χ0) is 25.4. The number of aliphatic hydroxyl groups is 1. The Bertz CT molecular complexity index is 1480. The maximum absolute atomic E-state index is 13.6. The average molecular weight is 537 g/mol. The first-order valence-corrected chi connectivity index (χ1v) is 13.5. The first kappa shape index (κ1) is 24.2. The van der Waals surface area contributed by atoms with Gasteiger partial charge in [0, 0.05) is 5.75 Å². The van der Waals surface area contributed by atoms with Crippen LogP contribution in [-0.4, -0.2) is 37.1 Å². The first-order valence-electron chi connectivity index (χ1n) is 10.9. The lowest BCUT2D eigenvalue weighted by Crippen LogP contribution is -2.31. The van der Waals surface area contributed by atoms with E-state index in [9.17, 15) is 19.8 Å². The van der Waals surface area contributed by atoms with Gasteiger partial charge in [-0.25, -0.2) is 4.98 Å². The summed E-state index contributed by atoms with van der Waals surface area (Å²) in [4.78, 5) is 32.9. The van der Waals surface area contributed by atoms with Crippen molar-refractivity contribution in [3.8, 4) is 5.75 Å². The van der Waals surface area contributed by atoms with Crippen LogP contribution in [0.15, 0.2) is 70.3 Å². The van der Waals surface area contributed by atoms with Gasteiger partial charge >= 0.3 is 0 Å². The fourth-order valence-electron chi connectivity index (χ4n) is 3.95. The average Bonchev–Trinajstić information content (AvgIpc) is 3.54. The molecule has 8 nitrogen and oxygen atoms in total. The third-order valence-corrected chi connectivity index (χ3v) is 8.78. The molecule has 1 aliphatic rings. The summed E-state index contributed by atoms with van der Waals surface area (Å²) in [5.74, 6) is -1.10. The molecule has 2 aromatic heterocycles. The van der Waals surface area contributed by atoms with Crippen LogP contribution < -0.4 is 4.90 Å². The van der Waals surface area contributed by atoms with E-state index in [4.69, 9.17) is 0 Å². The first-order chi connectivity index (χ1) is 17.3. The predicted octanol–water partition coefficient (Wildman–Crippen LogP) is 5.39. The molecule has 0 fully saturated rings. The minimum atomic E-state index is -0.938. The lowest BCUT2D eigenvalue weighted by molar-refractivity contribution is -0.117. The molecule has 0 saturated heterocycles. The van der Waals surface area contributed by atoms with Gasteiger partial charge in [-0.15, -0.1) is 21.5 Å². The highest BCUT2D eigenvalue weighted by molar-refractivity contribution is 8.00. The molecule has 0 spiro atoms. The Hall–Kier alpha value is -3.54. The molecule has 11 heteroatoms. The van der Waals surface area contributed by atoms with Gasteiger partial charge in [-0.1, -0.05) is 65.6 Å². The van der Waals surface area contributed by atoms with E-state index < -0.39 is 23.5 Å². The Morgan fingerprint density at radius 3 is 2.42 bits per heavy atom. The van der Waals surface area contributed by atoms with Crippen molar-refractivity contribution in [2.45, 2.75) is 30.0 Å². The summed E-state index contributed by atoms with van der Waals surface area (Å²) in [6.45, 7) is 3.52. The standard InChI is InChI=1S/C25H20N4O4S3/c1-13-22(35-14(2)26-13)20(31)18-19(16-8-10-17(30)11-9-16)29(23(33)21(18)32)24-27-28-25(36-24)34-12-15-6-4-3-5-7-15/h3-11,19,30,32H,12H2,1-2H3. The molecular weight excluding hydrogens is 517 g/mol. The molecule has 1 unspecified atom stereocenters. The van der Waals surface area contributed by atoms with Gasteiger partial charge in [0.05, 0.1) is 27.2 Å². The number of ketones is 1. The molecule has 0 saturated carbocycles. The van der Waals surface area contributed by atoms with Crippen molar-refractivity contribution in [2.24, 2.45) is 0 Å². The van der Waals surface area contributed by atoms with Crippen LogP contribution in [0.4, 0.5) is 5.13 Å². The fourth-order valence-corrected chi connectivity index (χ4v) is 6.65.